The molecule has 1 aromatic heterocycles. The Balaban J connectivity index is 1.44. The largest absolute Gasteiger partial charge is 0.306 e. The third-order valence-electron chi connectivity index (χ3n) is 5.88. The van der Waals surface area contributed by atoms with Crippen molar-refractivity contribution in [3.63, 3.8) is 0 Å². The van der Waals surface area contributed by atoms with Gasteiger partial charge in [0, 0.05) is 22.9 Å². The summed E-state index contributed by atoms with van der Waals surface area (Å²) in [4.78, 5) is 4.85. The Morgan fingerprint density at radius 1 is 1.14 bits per heavy atom. The van der Waals surface area contributed by atoms with Gasteiger partial charge in [0.1, 0.15) is 0 Å². The number of thiazole rings is 1. The van der Waals surface area contributed by atoms with Crippen LogP contribution in [0.25, 0.3) is 0 Å². The summed E-state index contributed by atoms with van der Waals surface area (Å²) in [6.07, 6.45) is 8.84. The van der Waals surface area contributed by atoms with E-state index in [0.717, 1.165) is 24.3 Å². The van der Waals surface area contributed by atoms with Crippen LogP contribution in [0.2, 0.25) is 0 Å². The van der Waals surface area contributed by atoms with Crippen LogP contribution in [-0.4, -0.2) is 10.5 Å². The predicted octanol–water partition coefficient (Wildman–Crippen LogP) is 4.50. The first kappa shape index (κ1) is 14.2. The Kier molecular flexibility index (Phi) is 3.24. The minimum atomic E-state index is 0.184. The fraction of sp³-hybridized carbons (Fsp3) is 0.833. The summed E-state index contributed by atoms with van der Waals surface area (Å²) in [6, 6.07) is 0. The zero-order valence-corrected chi connectivity index (χ0v) is 14.4. The molecule has 0 spiro atoms. The number of aromatic nitrogens is 1. The third-order valence-corrected chi connectivity index (χ3v) is 7.19. The second-order valence-electron chi connectivity index (χ2n) is 8.95. The Bertz CT molecular complexity index is 490. The molecule has 3 heteroatoms. The summed E-state index contributed by atoms with van der Waals surface area (Å²) >= 11 is 1.82. The lowest BCUT2D eigenvalue weighted by Crippen LogP contribution is -2.58. The summed E-state index contributed by atoms with van der Waals surface area (Å²) in [5.74, 6) is 3.05. The maximum Gasteiger partial charge on any atom is 0.0982 e. The summed E-state index contributed by atoms with van der Waals surface area (Å²) in [5.41, 5.74) is 1.89. The van der Waals surface area contributed by atoms with Crippen molar-refractivity contribution in [3.8, 4) is 0 Å². The van der Waals surface area contributed by atoms with E-state index in [9.17, 15) is 0 Å². The van der Waals surface area contributed by atoms with E-state index in [4.69, 9.17) is 4.98 Å². The molecule has 0 unspecified atom stereocenters. The van der Waals surface area contributed by atoms with Crippen molar-refractivity contribution in [2.24, 2.45) is 17.8 Å². The molecule has 21 heavy (non-hydrogen) atoms. The third kappa shape index (κ3) is 2.68. The lowest BCUT2D eigenvalue weighted by atomic mass is 9.53. The van der Waals surface area contributed by atoms with E-state index >= 15 is 0 Å². The van der Waals surface area contributed by atoms with Gasteiger partial charge in [-0.15, -0.1) is 11.3 Å². The lowest BCUT2D eigenvalue weighted by Gasteiger charge is -2.57. The molecule has 0 saturated heterocycles. The van der Waals surface area contributed by atoms with Crippen LogP contribution in [0.15, 0.2) is 5.38 Å². The number of nitrogens with zero attached hydrogens (tertiary/aromatic N) is 1. The van der Waals surface area contributed by atoms with Crippen LogP contribution in [0, 0.1) is 17.8 Å². The van der Waals surface area contributed by atoms with Gasteiger partial charge in [-0.1, -0.05) is 20.8 Å². The Hall–Kier alpha value is -0.410. The second kappa shape index (κ2) is 4.79. The van der Waals surface area contributed by atoms with Gasteiger partial charge in [0.2, 0.25) is 0 Å². The first-order valence-electron chi connectivity index (χ1n) is 8.62. The smallest absolute Gasteiger partial charge is 0.0982 e. The first-order valence-corrected chi connectivity index (χ1v) is 9.50. The van der Waals surface area contributed by atoms with Crippen LogP contribution in [0.3, 0.4) is 0 Å². The van der Waals surface area contributed by atoms with Crippen molar-refractivity contribution >= 4 is 11.3 Å². The maximum absolute atomic E-state index is 4.85. The monoisotopic (exact) mass is 304 g/mol. The zero-order valence-electron chi connectivity index (χ0n) is 13.6. The van der Waals surface area contributed by atoms with Gasteiger partial charge < -0.3 is 5.32 Å². The lowest BCUT2D eigenvalue weighted by molar-refractivity contribution is -0.0207. The van der Waals surface area contributed by atoms with E-state index in [1.165, 1.54) is 49.2 Å². The van der Waals surface area contributed by atoms with Crippen LogP contribution in [0.4, 0.5) is 0 Å². The van der Waals surface area contributed by atoms with E-state index in [2.05, 4.69) is 31.5 Å². The van der Waals surface area contributed by atoms with Crippen molar-refractivity contribution < 1.29 is 0 Å². The Labute approximate surface area is 132 Å². The van der Waals surface area contributed by atoms with Crippen LogP contribution in [0.5, 0.6) is 0 Å². The number of hydrogen-bond donors (Lipinski definition) is 1. The maximum atomic E-state index is 4.85. The molecule has 1 aromatic rings. The van der Waals surface area contributed by atoms with Crippen molar-refractivity contribution in [3.05, 3.63) is 16.1 Å². The average molecular weight is 305 g/mol. The highest BCUT2D eigenvalue weighted by atomic mass is 32.1. The molecule has 116 valence electrons. The molecule has 5 rings (SSSR count). The summed E-state index contributed by atoms with van der Waals surface area (Å²) in [5, 5.41) is 7.48. The van der Waals surface area contributed by atoms with Crippen molar-refractivity contribution in [2.45, 2.75) is 76.8 Å². The molecule has 4 bridgehead atoms. The fourth-order valence-electron chi connectivity index (χ4n) is 5.34. The van der Waals surface area contributed by atoms with Gasteiger partial charge in [-0.05, 0) is 56.3 Å². The van der Waals surface area contributed by atoms with Gasteiger partial charge in [-0.25, -0.2) is 4.98 Å². The molecule has 0 amide bonds. The minimum absolute atomic E-state index is 0.184. The second-order valence-corrected chi connectivity index (χ2v) is 9.80. The summed E-state index contributed by atoms with van der Waals surface area (Å²) in [6.45, 7) is 7.73. The first-order chi connectivity index (χ1) is 9.92. The van der Waals surface area contributed by atoms with Gasteiger partial charge >= 0.3 is 0 Å². The highest BCUT2D eigenvalue weighted by molar-refractivity contribution is 7.09. The highest BCUT2D eigenvalue weighted by Crippen LogP contribution is 2.55. The fourth-order valence-corrected chi connectivity index (χ4v) is 6.25. The number of nitrogens with one attached hydrogen (secondary N) is 1. The van der Waals surface area contributed by atoms with Gasteiger partial charge in [-0.3, -0.25) is 0 Å². The number of hydrogen-bond acceptors (Lipinski definition) is 3. The van der Waals surface area contributed by atoms with Crippen molar-refractivity contribution in [2.75, 3.05) is 0 Å². The van der Waals surface area contributed by atoms with Crippen LogP contribution < -0.4 is 5.32 Å². The summed E-state index contributed by atoms with van der Waals surface area (Å²) in [7, 11) is 0. The van der Waals surface area contributed by atoms with E-state index < -0.39 is 0 Å². The van der Waals surface area contributed by atoms with Gasteiger partial charge in [-0.2, -0.15) is 0 Å². The zero-order chi connectivity index (χ0) is 14.7. The normalized spacial score (nSPS) is 38.1. The molecule has 4 aliphatic rings. The molecule has 1 N–H and O–H groups in total. The van der Waals surface area contributed by atoms with E-state index in [1.807, 2.05) is 11.3 Å². The van der Waals surface area contributed by atoms with E-state index in [-0.39, 0.29) is 5.41 Å². The van der Waals surface area contributed by atoms with E-state index in [1.54, 1.807) is 0 Å². The van der Waals surface area contributed by atoms with Crippen LogP contribution >= 0.6 is 11.3 Å². The minimum Gasteiger partial charge on any atom is -0.306 e. The van der Waals surface area contributed by atoms with Gasteiger partial charge in [0.15, 0.2) is 0 Å². The molecule has 4 aliphatic carbocycles. The average Bonchev–Trinajstić information content (AvgIpc) is 2.83. The molecule has 4 fully saturated rings. The molecule has 0 aliphatic heterocycles. The standard InChI is InChI=1S/C18H28N2S/c1-17(2,3)16-20-15(11-21-16)10-19-18-7-12-4-13(8-18)6-14(5-12)9-18/h11-14,19H,4-10H2,1-3H3. The Morgan fingerprint density at radius 3 is 2.19 bits per heavy atom. The highest BCUT2D eigenvalue weighted by Gasteiger charge is 2.50. The van der Waals surface area contributed by atoms with Crippen molar-refractivity contribution in [1.82, 2.24) is 10.3 Å². The topological polar surface area (TPSA) is 24.9 Å². The molecule has 2 nitrogen and oxygen atoms in total. The molecular formula is C18H28N2S. The van der Waals surface area contributed by atoms with Gasteiger partial charge in [0.05, 0.1) is 10.7 Å². The predicted molar refractivity (Wildman–Crippen MR) is 88.6 cm³/mol. The van der Waals surface area contributed by atoms with Crippen molar-refractivity contribution in [1.29, 1.82) is 0 Å². The SMILES string of the molecule is CC(C)(C)c1nc(CNC23CC4CC(CC(C4)C2)C3)cs1. The van der Waals surface area contributed by atoms with Gasteiger partial charge in [0.25, 0.3) is 0 Å². The molecule has 1 heterocycles. The molecule has 0 aromatic carbocycles. The van der Waals surface area contributed by atoms with E-state index in [0.29, 0.717) is 5.54 Å². The molecular weight excluding hydrogens is 276 g/mol. The van der Waals surface area contributed by atoms with Crippen LogP contribution in [0.1, 0.15) is 70.0 Å². The molecule has 0 atom stereocenters. The molecule has 0 radical (unpaired) electrons. The Morgan fingerprint density at radius 2 is 1.71 bits per heavy atom. The van der Waals surface area contributed by atoms with Crippen LogP contribution in [-0.2, 0) is 12.0 Å². The summed E-state index contributed by atoms with van der Waals surface area (Å²) < 4.78 is 0. The quantitative estimate of drug-likeness (QED) is 0.889. The number of rotatable bonds is 3. The molecule has 4 saturated carbocycles.